The minimum Gasteiger partial charge on any atom is -0.503 e. The van der Waals surface area contributed by atoms with Gasteiger partial charge in [-0.25, -0.2) is 9.78 Å². The van der Waals surface area contributed by atoms with Crippen LogP contribution >= 0.6 is 0 Å². The van der Waals surface area contributed by atoms with Crippen LogP contribution in [0.25, 0.3) is 0 Å². The third-order valence-electron chi connectivity index (χ3n) is 7.92. The molecule has 2 N–H and O–H groups in total. The van der Waals surface area contributed by atoms with Crippen LogP contribution in [0.15, 0.2) is 12.3 Å². The zero-order valence-corrected chi connectivity index (χ0v) is 22.6. The number of nitrogens with one attached hydrogen (secondary N) is 1. The number of carbonyl (C=O) groups is 4. The fourth-order valence-electron chi connectivity index (χ4n) is 5.66. The van der Waals surface area contributed by atoms with E-state index in [2.05, 4.69) is 10.3 Å². The van der Waals surface area contributed by atoms with Gasteiger partial charge in [-0.05, 0) is 51.9 Å². The van der Waals surface area contributed by atoms with Gasteiger partial charge >= 0.3 is 17.9 Å². The molecule has 2 aliphatic carbocycles. The Kier molecular flexibility index (Phi) is 9.63. The number of carbonyl (C=O) groups excluding carboxylic acids is 4. The van der Waals surface area contributed by atoms with Gasteiger partial charge in [-0.2, -0.15) is 0 Å². The normalized spacial score (nSPS) is 26.6. The monoisotopic (exact) mass is 546 g/mol. The second kappa shape index (κ2) is 13.1. The number of amides is 1. The molecule has 0 radical (unpaired) electrons. The molecule has 1 aromatic heterocycles. The lowest BCUT2D eigenvalue weighted by Gasteiger charge is -2.31. The van der Waals surface area contributed by atoms with Crippen LogP contribution in [0.3, 0.4) is 0 Å². The maximum atomic E-state index is 13.1. The van der Waals surface area contributed by atoms with Gasteiger partial charge in [0, 0.05) is 12.3 Å². The fraction of sp³-hybridized carbons (Fsp3) is 0.679. The number of methoxy groups -OCH3 is 1. The number of nitrogens with zero attached hydrogens (tertiary/aromatic N) is 1. The summed E-state index contributed by atoms with van der Waals surface area (Å²) in [6.45, 7) is 1.60. The summed E-state index contributed by atoms with van der Waals surface area (Å²) >= 11 is 0. The number of hydrogen-bond donors (Lipinski definition) is 2. The molecular weight excluding hydrogens is 508 g/mol. The van der Waals surface area contributed by atoms with Gasteiger partial charge in [0.15, 0.2) is 23.3 Å². The molecule has 1 aromatic rings. The Labute approximate surface area is 227 Å². The number of cyclic esters (lactones) is 1. The van der Waals surface area contributed by atoms with Crippen molar-refractivity contribution >= 4 is 23.8 Å². The van der Waals surface area contributed by atoms with Gasteiger partial charge in [-0.3, -0.25) is 14.4 Å². The van der Waals surface area contributed by atoms with Crippen LogP contribution in [-0.4, -0.2) is 65.4 Å². The summed E-state index contributed by atoms with van der Waals surface area (Å²) in [6.07, 6.45) is 6.37. The number of hydrogen-bond acceptors (Lipinski definition) is 10. The minimum absolute atomic E-state index is 0.0691. The van der Waals surface area contributed by atoms with Crippen molar-refractivity contribution in [2.24, 2.45) is 11.8 Å². The lowest BCUT2D eigenvalue weighted by atomic mass is 10.0. The number of aromatic nitrogens is 1. The van der Waals surface area contributed by atoms with Crippen LogP contribution in [0.2, 0.25) is 0 Å². The molecule has 4 rings (SSSR count). The Morgan fingerprint density at radius 3 is 2.18 bits per heavy atom. The highest BCUT2D eigenvalue weighted by molar-refractivity contribution is 5.98. The van der Waals surface area contributed by atoms with E-state index in [1.165, 1.54) is 19.4 Å². The highest BCUT2D eigenvalue weighted by atomic mass is 16.6. The maximum Gasteiger partial charge on any atom is 0.329 e. The van der Waals surface area contributed by atoms with Crippen molar-refractivity contribution in [2.45, 2.75) is 102 Å². The van der Waals surface area contributed by atoms with E-state index in [4.69, 9.17) is 18.9 Å². The number of rotatable bonds is 7. The molecule has 1 aliphatic heterocycles. The molecule has 3 aliphatic rings. The molecule has 4 atom stereocenters. The van der Waals surface area contributed by atoms with E-state index in [1.807, 2.05) is 0 Å². The van der Waals surface area contributed by atoms with E-state index >= 15 is 0 Å². The van der Waals surface area contributed by atoms with E-state index in [-0.39, 0.29) is 41.6 Å². The Hall–Kier alpha value is -3.37. The molecule has 1 amide bonds. The molecule has 2 saturated carbocycles. The lowest BCUT2D eigenvalue weighted by molar-refractivity contribution is -0.188. The standard InChI is InChI=1S/C28H38N2O9/c1-16-24(39-27(34)18-10-5-6-11-18)21(38-26(33)17-8-3-4-9-17)13-7-12-19(28(35)37-16)30-25(32)22-23(31)20(36-2)14-15-29-22/h14-19,21,24,31H,3-13H2,1-2H3,(H,30,32). The average Bonchev–Trinajstić information content (AvgIpc) is 3.65. The molecule has 4 unspecified atom stereocenters. The minimum atomic E-state index is -1.05. The largest absolute Gasteiger partial charge is 0.503 e. The Morgan fingerprint density at radius 2 is 1.56 bits per heavy atom. The van der Waals surface area contributed by atoms with Gasteiger partial charge in [0.25, 0.3) is 5.91 Å². The van der Waals surface area contributed by atoms with Crippen molar-refractivity contribution in [1.29, 1.82) is 0 Å². The van der Waals surface area contributed by atoms with E-state index in [1.54, 1.807) is 6.92 Å². The third kappa shape index (κ3) is 6.99. The second-order valence-corrected chi connectivity index (χ2v) is 10.6. The summed E-state index contributed by atoms with van der Waals surface area (Å²) in [5.41, 5.74) is -0.290. The molecular formula is C28H38N2O9. The molecule has 0 bridgehead atoms. The van der Waals surface area contributed by atoms with Gasteiger partial charge in [0.05, 0.1) is 18.9 Å². The predicted octanol–water partition coefficient (Wildman–Crippen LogP) is 3.21. The van der Waals surface area contributed by atoms with Crippen molar-refractivity contribution in [3.63, 3.8) is 0 Å². The van der Waals surface area contributed by atoms with Gasteiger partial charge in [-0.1, -0.05) is 25.7 Å². The van der Waals surface area contributed by atoms with Crippen LogP contribution in [0.5, 0.6) is 11.5 Å². The number of ether oxygens (including phenoxy) is 4. The summed E-state index contributed by atoms with van der Waals surface area (Å²) in [4.78, 5) is 55.8. The predicted molar refractivity (Wildman–Crippen MR) is 137 cm³/mol. The first-order chi connectivity index (χ1) is 18.8. The van der Waals surface area contributed by atoms with E-state index in [0.717, 1.165) is 51.4 Å². The first kappa shape index (κ1) is 28.6. The molecule has 11 nitrogen and oxygen atoms in total. The Morgan fingerprint density at radius 1 is 0.949 bits per heavy atom. The molecule has 0 spiro atoms. The summed E-state index contributed by atoms with van der Waals surface area (Å²) in [6, 6.07) is 0.352. The van der Waals surface area contributed by atoms with Crippen LogP contribution in [-0.2, 0) is 28.6 Å². The summed E-state index contributed by atoms with van der Waals surface area (Å²) in [5, 5.41) is 12.9. The lowest BCUT2D eigenvalue weighted by Crippen LogP contribution is -2.47. The summed E-state index contributed by atoms with van der Waals surface area (Å²) in [5.74, 6) is -2.96. The van der Waals surface area contributed by atoms with Crippen molar-refractivity contribution < 1.29 is 43.2 Å². The third-order valence-corrected chi connectivity index (χ3v) is 7.92. The second-order valence-electron chi connectivity index (χ2n) is 10.6. The molecule has 0 aromatic carbocycles. The van der Waals surface area contributed by atoms with Gasteiger partial charge in [0.2, 0.25) is 0 Å². The molecule has 1 saturated heterocycles. The average molecular weight is 547 g/mol. The number of aromatic hydroxyl groups is 1. The van der Waals surface area contributed by atoms with Crippen molar-refractivity contribution in [3.05, 3.63) is 18.0 Å². The first-order valence-electron chi connectivity index (χ1n) is 13.9. The Balaban J connectivity index is 1.50. The summed E-state index contributed by atoms with van der Waals surface area (Å²) < 4.78 is 22.5. The SMILES string of the molecule is COc1ccnc(C(=O)NC2CCCC(OC(=O)C3CCCC3)C(OC(=O)C3CCCC3)C(C)OC2=O)c1O. The van der Waals surface area contributed by atoms with Crippen LogP contribution in [0, 0.1) is 11.8 Å². The maximum absolute atomic E-state index is 13.1. The van der Waals surface area contributed by atoms with Crippen molar-refractivity contribution in [3.8, 4) is 11.5 Å². The highest BCUT2D eigenvalue weighted by Crippen LogP contribution is 2.32. The molecule has 3 fully saturated rings. The topological polar surface area (TPSA) is 150 Å². The quantitative estimate of drug-likeness (QED) is 0.385. The zero-order valence-electron chi connectivity index (χ0n) is 22.6. The van der Waals surface area contributed by atoms with Crippen LogP contribution in [0.4, 0.5) is 0 Å². The van der Waals surface area contributed by atoms with Crippen LogP contribution in [0.1, 0.15) is 88.0 Å². The smallest absolute Gasteiger partial charge is 0.329 e. The van der Waals surface area contributed by atoms with Gasteiger partial charge in [0.1, 0.15) is 18.2 Å². The van der Waals surface area contributed by atoms with E-state index in [9.17, 15) is 24.3 Å². The van der Waals surface area contributed by atoms with Crippen LogP contribution < -0.4 is 10.1 Å². The Bertz CT molecular complexity index is 1050. The fourth-order valence-corrected chi connectivity index (χ4v) is 5.66. The van der Waals surface area contributed by atoms with Gasteiger partial charge < -0.3 is 29.4 Å². The number of esters is 3. The molecule has 214 valence electrons. The van der Waals surface area contributed by atoms with Crippen molar-refractivity contribution in [2.75, 3.05) is 7.11 Å². The van der Waals surface area contributed by atoms with Gasteiger partial charge in [-0.15, -0.1) is 0 Å². The first-order valence-corrected chi connectivity index (χ1v) is 13.9. The highest BCUT2D eigenvalue weighted by Gasteiger charge is 2.41. The molecule has 11 heteroatoms. The number of pyridine rings is 1. The molecule has 39 heavy (non-hydrogen) atoms. The van der Waals surface area contributed by atoms with E-state index in [0.29, 0.717) is 12.8 Å². The van der Waals surface area contributed by atoms with E-state index < -0.39 is 42.0 Å². The van der Waals surface area contributed by atoms with Crippen molar-refractivity contribution in [1.82, 2.24) is 10.3 Å². The molecule has 2 heterocycles. The summed E-state index contributed by atoms with van der Waals surface area (Å²) in [7, 11) is 1.35. The zero-order chi connectivity index (χ0) is 27.9.